The molecule has 3 aromatic carbocycles. The van der Waals surface area contributed by atoms with Crippen LogP contribution in [0.15, 0.2) is 64.2 Å². The van der Waals surface area contributed by atoms with Gasteiger partial charge >= 0.3 is 0 Å². The number of nitrogens with zero attached hydrogens (tertiary/aromatic N) is 3. The van der Waals surface area contributed by atoms with E-state index in [9.17, 15) is 20.8 Å². The van der Waals surface area contributed by atoms with Crippen molar-refractivity contribution in [3.8, 4) is 0 Å². The van der Waals surface area contributed by atoms with Gasteiger partial charge in [-0.3, -0.25) is 15.8 Å². The predicted molar refractivity (Wildman–Crippen MR) is 105 cm³/mol. The lowest BCUT2D eigenvalue weighted by molar-refractivity contribution is 0.0295. The first-order valence-corrected chi connectivity index (χ1v) is 8.19. The summed E-state index contributed by atoms with van der Waals surface area (Å²) in [5.74, 6) is 0. The molecule has 0 radical (unpaired) electrons. The van der Waals surface area contributed by atoms with Gasteiger partial charge in [0.25, 0.3) is 0 Å². The van der Waals surface area contributed by atoms with E-state index in [2.05, 4.69) is 26.5 Å². The molecule has 3 N–H and O–H groups in total. The Kier molecular flexibility index (Phi) is 5.35. The van der Waals surface area contributed by atoms with Gasteiger partial charge in [0.2, 0.25) is 0 Å². The molecule has 0 fully saturated rings. The van der Waals surface area contributed by atoms with Crippen LogP contribution in [0, 0.1) is 10.4 Å². The van der Waals surface area contributed by atoms with Gasteiger partial charge in [-0.25, -0.2) is 0 Å². The van der Waals surface area contributed by atoms with E-state index in [-0.39, 0.29) is 22.3 Å². The molecule has 0 spiro atoms. The van der Waals surface area contributed by atoms with Crippen molar-refractivity contribution in [2.45, 2.75) is 0 Å². The summed E-state index contributed by atoms with van der Waals surface area (Å²) in [6, 6.07) is 15.2. The number of rotatable bonds is 5. The maximum Gasteiger partial charge on any atom is 0.121 e. The molecule has 0 aliphatic carbocycles. The van der Waals surface area contributed by atoms with E-state index in [0.29, 0.717) is 0 Å². The highest BCUT2D eigenvalue weighted by Crippen LogP contribution is 2.29. The van der Waals surface area contributed by atoms with Crippen LogP contribution in [0.3, 0.4) is 0 Å². The Morgan fingerprint density at radius 1 is 1.00 bits per heavy atom. The average Bonchev–Trinajstić information content (AvgIpc) is 2.62. The maximum atomic E-state index is 10.8. The molecule has 3 rings (SSSR count). The van der Waals surface area contributed by atoms with E-state index >= 15 is 0 Å². The highest BCUT2D eigenvalue weighted by molar-refractivity contribution is 9.10. The lowest BCUT2D eigenvalue weighted by atomic mass is 10.1. The zero-order chi connectivity index (χ0) is 18.7. The molecule has 134 valence electrons. The van der Waals surface area contributed by atoms with E-state index < -0.39 is 5.23 Å². The summed E-state index contributed by atoms with van der Waals surface area (Å²) in [7, 11) is 0. The molecule has 0 heterocycles. The minimum atomic E-state index is -0.631. The highest BCUT2D eigenvalue weighted by atomic mass is 79.9. The quantitative estimate of drug-likeness (QED) is 0.415. The van der Waals surface area contributed by atoms with Gasteiger partial charge in [-0.05, 0) is 35.0 Å². The van der Waals surface area contributed by atoms with Crippen molar-refractivity contribution < 1.29 is 10.4 Å². The predicted octanol–water partition coefficient (Wildman–Crippen LogP) is 4.44. The molecule has 8 nitrogen and oxygen atoms in total. The third kappa shape index (κ3) is 3.77. The van der Waals surface area contributed by atoms with Gasteiger partial charge in [0.05, 0.1) is 11.9 Å². The number of hydrazone groups is 1. The Labute approximate surface area is 156 Å². The second kappa shape index (κ2) is 7.68. The average molecular weight is 417 g/mol. The Morgan fingerprint density at radius 3 is 2.46 bits per heavy atom. The Hall–Kier alpha value is -2.69. The van der Waals surface area contributed by atoms with Crippen LogP contribution in [-0.4, -0.2) is 16.6 Å². The summed E-state index contributed by atoms with van der Waals surface area (Å²) in [4.78, 5) is 0. The topological polar surface area (TPSA) is 117 Å². The van der Waals surface area contributed by atoms with Crippen LogP contribution < -0.4 is 15.9 Å². The van der Waals surface area contributed by atoms with Gasteiger partial charge in [-0.15, -0.1) is 5.23 Å². The fraction of sp³-hybridized carbons (Fsp3) is 0. The molecule has 0 aromatic heterocycles. The lowest BCUT2D eigenvalue weighted by Gasteiger charge is -2.37. The van der Waals surface area contributed by atoms with Gasteiger partial charge in [0.1, 0.15) is 5.69 Å². The van der Waals surface area contributed by atoms with E-state index in [4.69, 9.17) is 0 Å². The van der Waals surface area contributed by atoms with Crippen molar-refractivity contribution in [3.63, 3.8) is 0 Å². The second-order valence-electron chi connectivity index (χ2n) is 5.30. The van der Waals surface area contributed by atoms with Crippen LogP contribution in [-0.2, 0) is 0 Å². The smallest absolute Gasteiger partial charge is 0.121 e. The van der Waals surface area contributed by atoms with Crippen molar-refractivity contribution in [3.05, 3.63) is 75.0 Å². The van der Waals surface area contributed by atoms with Crippen LogP contribution in [0.4, 0.5) is 17.1 Å². The van der Waals surface area contributed by atoms with Crippen LogP contribution in [0.1, 0.15) is 5.56 Å². The first-order valence-electron chi connectivity index (χ1n) is 7.40. The van der Waals surface area contributed by atoms with E-state index in [1.165, 1.54) is 12.1 Å². The summed E-state index contributed by atoms with van der Waals surface area (Å²) in [5.41, 5.74) is 3.23. The third-order valence-electron chi connectivity index (χ3n) is 3.70. The summed E-state index contributed by atoms with van der Waals surface area (Å²) in [5, 5.41) is 45.4. The monoisotopic (exact) mass is 416 g/mol. The molecule has 0 amide bonds. The minimum absolute atomic E-state index is 0.193. The zero-order valence-electron chi connectivity index (χ0n) is 13.2. The molecule has 0 saturated carbocycles. The van der Waals surface area contributed by atoms with Crippen LogP contribution in [0.2, 0.25) is 0 Å². The third-order valence-corrected chi connectivity index (χ3v) is 4.39. The minimum Gasteiger partial charge on any atom is -0.769 e. The molecule has 9 heteroatoms. The number of fused-ring (bicyclic) bond motifs is 1. The van der Waals surface area contributed by atoms with Crippen molar-refractivity contribution in [1.29, 1.82) is 0 Å². The van der Waals surface area contributed by atoms with Crippen LogP contribution in [0.5, 0.6) is 0 Å². The second-order valence-corrected chi connectivity index (χ2v) is 6.15. The normalized spacial score (nSPS) is 11.1. The SMILES string of the molecule is [O-]N([O-])c1ccc(NN=Cc2cccc3c(Br)cccc23)c(N(O)O)c1. The van der Waals surface area contributed by atoms with Crippen molar-refractivity contribution >= 4 is 50.0 Å². The number of anilines is 3. The van der Waals surface area contributed by atoms with Crippen molar-refractivity contribution in [2.24, 2.45) is 5.10 Å². The van der Waals surface area contributed by atoms with Gasteiger partial charge in [0.15, 0.2) is 0 Å². The summed E-state index contributed by atoms with van der Waals surface area (Å²) < 4.78 is 0.965. The van der Waals surface area contributed by atoms with E-state index in [1.807, 2.05) is 36.4 Å². The lowest BCUT2D eigenvalue weighted by Crippen LogP contribution is -2.14. The van der Waals surface area contributed by atoms with Gasteiger partial charge in [-0.1, -0.05) is 46.3 Å². The zero-order valence-corrected chi connectivity index (χ0v) is 14.8. The van der Waals surface area contributed by atoms with Crippen molar-refractivity contribution in [2.75, 3.05) is 15.9 Å². The molecule has 3 aromatic rings. The highest BCUT2D eigenvalue weighted by Gasteiger charge is 2.08. The van der Waals surface area contributed by atoms with Crippen molar-refractivity contribution in [1.82, 2.24) is 0 Å². The molecule has 0 atom stereocenters. The Bertz CT molecular complexity index is 963. The largest absolute Gasteiger partial charge is 0.769 e. The molecular weight excluding hydrogens is 404 g/mol. The number of benzene rings is 3. The maximum absolute atomic E-state index is 10.8. The molecular formula is C17H13BrN4O4-2. The molecule has 0 aliphatic rings. The first-order chi connectivity index (χ1) is 12.5. The molecule has 0 bridgehead atoms. The molecule has 0 unspecified atom stereocenters. The first kappa shape index (κ1) is 18.1. The van der Waals surface area contributed by atoms with Crippen LogP contribution >= 0.6 is 15.9 Å². The Balaban J connectivity index is 1.89. The number of hydrogen-bond donors (Lipinski definition) is 3. The number of hydrogen-bond acceptors (Lipinski definition) is 8. The number of nitrogens with one attached hydrogen (secondary N) is 1. The Morgan fingerprint density at radius 2 is 1.73 bits per heavy atom. The standard InChI is InChI=1S/C17H13BrN4O4/c18-15-6-2-4-13-11(3-1-5-14(13)15)10-19-20-16-8-7-12(21(23)24)9-17(16)22(25)26/h1-10,20,25-26H/q-2. The summed E-state index contributed by atoms with van der Waals surface area (Å²) >= 11 is 3.50. The van der Waals surface area contributed by atoms with Gasteiger partial charge in [-0.2, -0.15) is 5.10 Å². The van der Waals surface area contributed by atoms with Gasteiger partial charge < -0.3 is 15.6 Å². The molecule has 26 heavy (non-hydrogen) atoms. The summed E-state index contributed by atoms with van der Waals surface area (Å²) in [6.07, 6.45) is 1.58. The van der Waals surface area contributed by atoms with Crippen LogP contribution in [0.25, 0.3) is 10.8 Å². The fourth-order valence-corrected chi connectivity index (χ4v) is 2.97. The summed E-state index contributed by atoms with van der Waals surface area (Å²) in [6.45, 7) is 0. The van der Waals surface area contributed by atoms with E-state index in [0.717, 1.165) is 26.9 Å². The molecule has 0 saturated heterocycles. The molecule has 0 aliphatic heterocycles. The van der Waals surface area contributed by atoms with Gasteiger partial charge in [0, 0.05) is 15.7 Å². The fourth-order valence-electron chi connectivity index (χ4n) is 2.47. The number of halogens is 1. The van der Waals surface area contributed by atoms with E-state index in [1.54, 1.807) is 6.21 Å².